The molecule has 0 unspecified atom stereocenters. The van der Waals surface area contributed by atoms with Gasteiger partial charge in [0.1, 0.15) is 5.78 Å². The van der Waals surface area contributed by atoms with Crippen LogP contribution in [-0.4, -0.2) is 23.0 Å². The number of nitro groups is 1. The van der Waals surface area contributed by atoms with Crippen LogP contribution < -0.4 is 0 Å². The van der Waals surface area contributed by atoms with Gasteiger partial charge in [-0.2, -0.15) is 0 Å². The lowest BCUT2D eigenvalue weighted by atomic mass is 9.63. The summed E-state index contributed by atoms with van der Waals surface area (Å²) in [5, 5.41) is 10.5. The van der Waals surface area contributed by atoms with Crippen molar-refractivity contribution >= 4 is 11.6 Å². The molecule has 0 spiro atoms. The lowest BCUT2D eigenvalue weighted by Crippen LogP contribution is -2.49. The minimum atomic E-state index is -1.12. The third-order valence-corrected chi connectivity index (χ3v) is 2.87. The quantitative estimate of drug-likeness (QED) is 0.510. The summed E-state index contributed by atoms with van der Waals surface area (Å²) < 4.78 is 0. The average Bonchev–Trinajstić information content (AvgIpc) is 1.97. The van der Waals surface area contributed by atoms with Crippen molar-refractivity contribution < 1.29 is 14.5 Å². The largest absolute Gasteiger partial charge is 0.300 e. The summed E-state index contributed by atoms with van der Waals surface area (Å²) in [5.74, 6) is -0.241. The van der Waals surface area contributed by atoms with Gasteiger partial charge >= 0.3 is 0 Å². The fraction of sp³-hybridized carbons (Fsp3) is 0.800. The van der Waals surface area contributed by atoms with Crippen LogP contribution in [0.3, 0.4) is 0 Å². The van der Waals surface area contributed by atoms with E-state index in [9.17, 15) is 19.7 Å². The zero-order valence-corrected chi connectivity index (χ0v) is 9.20. The van der Waals surface area contributed by atoms with E-state index in [1.165, 1.54) is 6.92 Å². The molecular weight excluding hydrogens is 198 g/mol. The molecule has 1 fully saturated rings. The molecule has 0 aromatic rings. The fourth-order valence-corrected chi connectivity index (χ4v) is 2.38. The Balaban J connectivity index is 3.02. The lowest BCUT2D eigenvalue weighted by Gasteiger charge is -2.37. The molecule has 1 aliphatic rings. The molecule has 5 nitrogen and oxygen atoms in total. The van der Waals surface area contributed by atoms with Gasteiger partial charge in [-0.05, 0) is 6.92 Å². The molecule has 0 N–H and O–H groups in total. The van der Waals surface area contributed by atoms with Gasteiger partial charge in [-0.1, -0.05) is 13.8 Å². The predicted molar refractivity (Wildman–Crippen MR) is 53.0 cm³/mol. The molecule has 1 saturated carbocycles. The lowest BCUT2D eigenvalue weighted by molar-refractivity contribution is -0.493. The molecule has 0 aromatic heterocycles. The molecule has 0 saturated heterocycles. The maximum atomic E-state index is 12.0. The monoisotopic (exact) mass is 213 g/mol. The van der Waals surface area contributed by atoms with Gasteiger partial charge in [0, 0.05) is 23.2 Å². The first-order valence-corrected chi connectivity index (χ1v) is 4.86. The smallest absolute Gasteiger partial charge is 0.216 e. The number of hydrogen-bond acceptors (Lipinski definition) is 4. The Hall–Kier alpha value is -1.26. The normalized spacial score (nSPS) is 30.3. The number of ketones is 2. The first-order chi connectivity index (χ1) is 6.67. The van der Waals surface area contributed by atoms with Crippen LogP contribution in [0.2, 0.25) is 0 Å². The third kappa shape index (κ3) is 2.22. The Morgan fingerprint density at radius 2 is 1.80 bits per heavy atom. The molecule has 1 atom stereocenters. The number of rotatable bonds is 2. The average molecular weight is 213 g/mol. The fourth-order valence-electron chi connectivity index (χ4n) is 2.38. The summed E-state index contributed by atoms with van der Waals surface area (Å²) in [5.41, 5.74) is -1.89. The van der Waals surface area contributed by atoms with E-state index in [0.29, 0.717) is 0 Å². The molecule has 1 aliphatic carbocycles. The highest BCUT2D eigenvalue weighted by atomic mass is 16.6. The van der Waals surface area contributed by atoms with Gasteiger partial charge in [0.25, 0.3) is 0 Å². The van der Waals surface area contributed by atoms with Crippen LogP contribution in [0.1, 0.15) is 33.6 Å². The second kappa shape index (κ2) is 3.40. The Morgan fingerprint density at radius 3 is 2.27 bits per heavy atom. The van der Waals surface area contributed by atoms with E-state index in [2.05, 4.69) is 0 Å². The first-order valence-electron chi connectivity index (χ1n) is 4.86. The highest BCUT2D eigenvalue weighted by Crippen LogP contribution is 2.41. The van der Waals surface area contributed by atoms with Crippen molar-refractivity contribution in [3.05, 3.63) is 10.1 Å². The predicted octanol–water partition coefficient (Wildman–Crippen LogP) is 1.23. The molecule has 5 heteroatoms. The van der Waals surface area contributed by atoms with Gasteiger partial charge in [0.2, 0.25) is 6.54 Å². The second-order valence-electron chi connectivity index (χ2n) is 5.16. The van der Waals surface area contributed by atoms with Crippen LogP contribution in [0.4, 0.5) is 0 Å². The molecule has 0 amide bonds. The number of nitrogens with zero attached hydrogens (tertiary/aromatic N) is 1. The van der Waals surface area contributed by atoms with E-state index in [1.54, 1.807) is 13.8 Å². The van der Waals surface area contributed by atoms with Crippen LogP contribution in [0.25, 0.3) is 0 Å². The van der Waals surface area contributed by atoms with E-state index in [4.69, 9.17) is 0 Å². The standard InChI is InChI=1S/C10H15NO4/c1-9(2)4-7(12)5-10(3,8(9)13)6-11(14)15/h4-6H2,1-3H3/t10-/m1/s1. The van der Waals surface area contributed by atoms with Gasteiger partial charge in [-0.3, -0.25) is 19.7 Å². The van der Waals surface area contributed by atoms with Gasteiger partial charge < -0.3 is 0 Å². The van der Waals surface area contributed by atoms with Crippen LogP contribution in [0.15, 0.2) is 0 Å². The van der Waals surface area contributed by atoms with Crippen molar-refractivity contribution in [1.82, 2.24) is 0 Å². The zero-order chi connectivity index (χ0) is 11.9. The van der Waals surface area contributed by atoms with Gasteiger partial charge in [-0.15, -0.1) is 0 Å². The summed E-state index contributed by atoms with van der Waals surface area (Å²) >= 11 is 0. The van der Waals surface area contributed by atoms with Crippen LogP contribution >= 0.6 is 0 Å². The molecular formula is C10H15NO4. The highest BCUT2D eigenvalue weighted by molar-refractivity contribution is 6.00. The van der Waals surface area contributed by atoms with Gasteiger partial charge in [0.15, 0.2) is 5.78 Å². The van der Waals surface area contributed by atoms with Crippen LogP contribution in [0, 0.1) is 20.9 Å². The van der Waals surface area contributed by atoms with Crippen molar-refractivity contribution in [2.75, 3.05) is 6.54 Å². The van der Waals surface area contributed by atoms with Crippen molar-refractivity contribution in [2.24, 2.45) is 10.8 Å². The second-order valence-corrected chi connectivity index (χ2v) is 5.16. The number of hydrogen-bond donors (Lipinski definition) is 0. The topological polar surface area (TPSA) is 77.3 Å². The Morgan fingerprint density at radius 1 is 1.27 bits per heavy atom. The third-order valence-electron chi connectivity index (χ3n) is 2.87. The summed E-state index contributed by atoms with van der Waals surface area (Å²) in [6.45, 7) is 4.40. The summed E-state index contributed by atoms with van der Waals surface area (Å²) in [6, 6.07) is 0. The van der Waals surface area contributed by atoms with Crippen LogP contribution in [-0.2, 0) is 9.59 Å². The molecule has 0 aliphatic heterocycles. The molecule has 0 radical (unpaired) electrons. The van der Waals surface area contributed by atoms with E-state index >= 15 is 0 Å². The number of Topliss-reactive ketones (excluding diaryl/α,β-unsaturated/α-hetero) is 2. The number of carbonyl (C=O) groups is 2. The van der Waals surface area contributed by atoms with Crippen molar-refractivity contribution in [3.8, 4) is 0 Å². The summed E-state index contributed by atoms with van der Waals surface area (Å²) in [4.78, 5) is 33.4. The van der Waals surface area contributed by atoms with Gasteiger partial charge in [-0.25, -0.2) is 0 Å². The molecule has 1 rings (SSSR count). The minimum absolute atomic E-state index is 0.00373. The number of carbonyl (C=O) groups excluding carboxylic acids is 2. The maximum absolute atomic E-state index is 12.0. The van der Waals surface area contributed by atoms with Crippen molar-refractivity contribution in [2.45, 2.75) is 33.6 Å². The zero-order valence-electron chi connectivity index (χ0n) is 9.20. The van der Waals surface area contributed by atoms with E-state index in [0.717, 1.165) is 0 Å². The van der Waals surface area contributed by atoms with Gasteiger partial charge in [0.05, 0.1) is 5.41 Å². The first kappa shape index (κ1) is 11.8. The van der Waals surface area contributed by atoms with E-state index in [1.807, 2.05) is 0 Å². The molecule has 15 heavy (non-hydrogen) atoms. The minimum Gasteiger partial charge on any atom is -0.300 e. The Kier molecular flexibility index (Phi) is 2.67. The Bertz CT molecular complexity index is 330. The van der Waals surface area contributed by atoms with Crippen LogP contribution in [0.5, 0.6) is 0 Å². The summed E-state index contributed by atoms with van der Waals surface area (Å²) in [7, 11) is 0. The van der Waals surface area contributed by atoms with Crippen molar-refractivity contribution in [1.29, 1.82) is 0 Å². The molecule has 0 bridgehead atoms. The molecule has 84 valence electrons. The van der Waals surface area contributed by atoms with E-state index < -0.39 is 22.3 Å². The molecule has 0 aromatic carbocycles. The summed E-state index contributed by atoms with van der Waals surface area (Å²) in [6.07, 6.45) is 0.190. The Labute approximate surface area is 88.0 Å². The van der Waals surface area contributed by atoms with Crippen molar-refractivity contribution in [3.63, 3.8) is 0 Å². The maximum Gasteiger partial charge on any atom is 0.216 e. The molecule has 0 heterocycles. The highest BCUT2D eigenvalue weighted by Gasteiger charge is 2.51. The van der Waals surface area contributed by atoms with E-state index in [-0.39, 0.29) is 24.4 Å². The SMILES string of the molecule is CC1(C)CC(=O)C[C@](C)(C[N+](=O)[O-])C1=O.